The van der Waals surface area contributed by atoms with Gasteiger partial charge >= 0.3 is 6.03 Å². The first kappa shape index (κ1) is 16.2. The predicted octanol–water partition coefficient (Wildman–Crippen LogP) is 1.11. The number of hydrogen-bond acceptors (Lipinski definition) is 6. The van der Waals surface area contributed by atoms with E-state index in [0.717, 1.165) is 5.65 Å². The van der Waals surface area contributed by atoms with Crippen LogP contribution >= 0.6 is 0 Å². The van der Waals surface area contributed by atoms with E-state index in [9.17, 15) is 4.79 Å². The number of carbonyl (C=O) groups is 1. The topological polar surface area (TPSA) is 91.5 Å². The lowest BCUT2D eigenvalue weighted by Gasteiger charge is -2.35. The molecule has 1 aliphatic rings. The maximum atomic E-state index is 12.6. The number of aromatic nitrogens is 5. The minimum absolute atomic E-state index is 0.0983. The highest BCUT2D eigenvalue weighted by Crippen LogP contribution is 2.14. The van der Waals surface area contributed by atoms with Gasteiger partial charge in [-0.1, -0.05) is 6.07 Å². The molecule has 0 aromatic carbocycles. The van der Waals surface area contributed by atoms with Crippen molar-refractivity contribution in [2.45, 2.75) is 13.0 Å². The van der Waals surface area contributed by atoms with Gasteiger partial charge in [0.05, 0.1) is 6.04 Å². The third-order valence-corrected chi connectivity index (χ3v) is 4.47. The number of pyridine rings is 1. The Hall–Kier alpha value is -3.23. The molecule has 0 spiro atoms. The summed E-state index contributed by atoms with van der Waals surface area (Å²) in [5, 5.41) is 11.3. The third-order valence-electron chi connectivity index (χ3n) is 4.47. The summed E-state index contributed by atoms with van der Waals surface area (Å²) >= 11 is 0. The van der Waals surface area contributed by atoms with E-state index in [0.29, 0.717) is 38.0 Å². The van der Waals surface area contributed by atoms with E-state index in [2.05, 4.69) is 30.4 Å². The standard InChI is InChI=1S/C17H20N8O/c1-13(15-22-21-14-5-2-3-8-25(14)15)20-17(26)24-11-9-23(10-12-24)16-18-6-4-7-19-16/h2-8,13H,9-12H2,1H3,(H,20,26). The zero-order valence-corrected chi connectivity index (χ0v) is 14.5. The summed E-state index contributed by atoms with van der Waals surface area (Å²) in [6.45, 7) is 4.57. The van der Waals surface area contributed by atoms with Gasteiger partial charge in [-0.2, -0.15) is 0 Å². The second-order valence-corrected chi connectivity index (χ2v) is 6.18. The van der Waals surface area contributed by atoms with Gasteiger partial charge in [0, 0.05) is 44.8 Å². The Balaban J connectivity index is 1.37. The Morgan fingerprint density at radius 3 is 2.62 bits per heavy atom. The molecule has 1 atom stereocenters. The molecule has 1 fully saturated rings. The fourth-order valence-electron chi connectivity index (χ4n) is 3.06. The molecule has 1 unspecified atom stereocenters. The normalized spacial score (nSPS) is 15.9. The first-order valence-electron chi connectivity index (χ1n) is 8.59. The molecule has 0 radical (unpaired) electrons. The van der Waals surface area contributed by atoms with Crippen LogP contribution in [-0.2, 0) is 0 Å². The lowest BCUT2D eigenvalue weighted by Crippen LogP contribution is -2.52. The van der Waals surface area contributed by atoms with Gasteiger partial charge < -0.3 is 15.1 Å². The average Bonchev–Trinajstić information content (AvgIpc) is 3.13. The number of anilines is 1. The Labute approximate surface area is 150 Å². The largest absolute Gasteiger partial charge is 0.337 e. The van der Waals surface area contributed by atoms with Crippen LogP contribution in [0.3, 0.4) is 0 Å². The molecule has 0 saturated carbocycles. The molecule has 4 heterocycles. The lowest BCUT2D eigenvalue weighted by molar-refractivity contribution is 0.190. The molecule has 1 saturated heterocycles. The fraction of sp³-hybridized carbons (Fsp3) is 0.353. The van der Waals surface area contributed by atoms with Gasteiger partial charge in [-0.15, -0.1) is 10.2 Å². The lowest BCUT2D eigenvalue weighted by atomic mass is 10.3. The van der Waals surface area contributed by atoms with E-state index in [-0.39, 0.29) is 12.1 Å². The summed E-state index contributed by atoms with van der Waals surface area (Å²) in [6.07, 6.45) is 5.35. The molecule has 4 rings (SSSR count). The van der Waals surface area contributed by atoms with Crippen LogP contribution in [0.25, 0.3) is 5.65 Å². The average molecular weight is 352 g/mol. The molecule has 1 N–H and O–H groups in total. The predicted molar refractivity (Wildman–Crippen MR) is 95.8 cm³/mol. The van der Waals surface area contributed by atoms with E-state index in [4.69, 9.17) is 0 Å². The van der Waals surface area contributed by atoms with Crippen LogP contribution in [0, 0.1) is 0 Å². The van der Waals surface area contributed by atoms with Gasteiger partial charge in [-0.05, 0) is 25.1 Å². The van der Waals surface area contributed by atoms with Crippen molar-refractivity contribution in [1.29, 1.82) is 0 Å². The highest BCUT2D eigenvalue weighted by molar-refractivity contribution is 5.75. The first-order valence-corrected chi connectivity index (χ1v) is 8.59. The van der Waals surface area contributed by atoms with Crippen molar-refractivity contribution >= 4 is 17.6 Å². The molecule has 9 heteroatoms. The highest BCUT2D eigenvalue weighted by Gasteiger charge is 2.24. The summed E-state index contributed by atoms with van der Waals surface area (Å²) in [5.74, 6) is 1.42. The van der Waals surface area contributed by atoms with E-state index in [1.807, 2.05) is 35.7 Å². The fourth-order valence-corrected chi connectivity index (χ4v) is 3.06. The summed E-state index contributed by atoms with van der Waals surface area (Å²) in [7, 11) is 0. The van der Waals surface area contributed by atoms with Crippen molar-refractivity contribution in [3.8, 4) is 0 Å². The molecule has 0 bridgehead atoms. The van der Waals surface area contributed by atoms with Crippen LogP contribution in [0.4, 0.5) is 10.7 Å². The van der Waals surface area contributed by atoms with Crippen LogP contribution in [0.1, 0.15) is 18.8 Å². The minimum Gasteiger partial charge on any atom is -0.337 e. The molecular formula is C17H20N8O. The van der Waals surface area contributed by atoms with Crippen molar-refractivity contribution in [2.75, 3.05) is 31.1 Å². The van der Waals surface area contributed by atoms with Crippen molar-refractivity contribution in [3.63, 3.8) is 0 Å². The highest BCUT2D eigenvalue weighted by atomic mass is 16.2. The van der Waals surface area contributed by atoms with Crippen molar-refractivity contribution in [3.05, 3.63) is 48.7 Å². The number of urea groups is 1. The number of fused-ring (bicyclic) bond motifs is 1. The van der Waals surface area contributed by atoms with Crippen molar-refractivity contribution in [1.82, 2.24) is 34.8 Å². The smallest absolute Gasteiger partial charge is 0.318 e. The second kappa shape index (κ2) is 6.95. The minimum atomic E-state index is -0.240. The Bertz CT molecular complexity index is 888. The molecule has 1 aliphatic heterocycles. The van der Waals surface area contributed by atoms with E-state index < -0.39 is 0 Å². The monoisotopic (exact) mass is 352 g/mol. The Morgan fingerprint density at radius 2 is 1.85 bits per heavy atom. The number of hydrogen-bond donors (Lipinski definition) is 1. The number of rotatable bonds is 3. The van der Waals surface area contributed by atoms with E-state index in [1.165, 1.54) is 0 Å². The zero-order chi connectivity index (χ0) is 17.9. The van der Waals surface area contributed by atoms with Gasteiger partial charge in [-0.3, -0.25) is 4.40 Å². The quantitative estimate of drug-likeness (QED) is 0.759. The maximum absolute atomic E-state index is 12.6. The molecular weight excluding hydrogens is 332 g/mol. The number of nitrogens with one attached hydrogen (secondary N) is 1. The number of piperazine rings is 1. The Morgan fingerprint density at radius 1 is 1.08 bits per heavy atom. The Kier molecular flexibility index (Phi) is 4.34. The van der Waals surface area contributed by atoms with Crippen molar-refractivity contribution < 1.29 is 4.79 Å². The molecule has 134 valence electrons. The number of nitrogens with zero attached hydrogens (tertiary/aromatic N) is 7. The maximum Gasteiger partial charge on any atom is 0.318 e. The van der Waals surface area contributed by atoms with E-state index >= 15 is 0 Å². The van der Waals surface area contributed by atoms with Gasteiger partial charge in [0.1, 0.15) is 0 Å². The molecule has 26 heavy (non-hydrogen) atoms. The molecule has 9 nitrogen and oxygen atoms in total. The van der Waals surface area contributed by atoms with Crippen LogP contribution < -0.4 is 10.2 Å². The van der Waals surface area contributed by atoms with Crippen LogP contribution in [-0.4, -0.2) is 61.7 Å². The summed E-state index contributed by atoms with van der Waals surface area (Å²) in [5.41, 5.74) is 0.764. The zero-order valence-electron chi connectivity index (χ0n) is 14.5. The molecule has 2 amide bonds. The summed E-state index contributed by atoms with van der Waals surface area (Å²) < 4.78 is 1.88. The number of carbonyl (C=O) groups excluding carboxylic acids is 1. The van der Waals surface area contributed by atoms with Crippen molar-refractivity contribution in [2.24, 2.45) is 0 Å². The van der Waals surface area contributed by atoms with Gasteiger partial charge in [0.15, 0.2) is 11.5 Å². The van der Waals surface area contributed by atoms with E-state index in [1.54, 1.807) is 23.4 Å². The van der Waals surface area contributed by atoms with Crippen LogP contribution in [0.5, 0.6) is 0 Å². The summed E-state index contributed by atoms with van der Waals surface area (Å²) in [4.78, 5) is 25.0. The van der Waals surface area contributed by atoms with Gasteiger partial charge in [0.2, 0.25) is 5.95 Å². The third kappa shape index (κ3) is 3.15. The molecule has 3 aromatic rings. The molecule has 3 aromatic heterocycles. The second-order valence-electron chi connectivity index (χ2n) is 6.18. The first-order chi connectivity index (χ1) is 12.7. The SMILES string of the molecule is CC(NC(=O)N1CCN(c2ncccn2)CC1)c1nnc2ccccn12. The number of amides is 2. The van der Waals surface area contributed by atoms with Crippen LogP contribution in [0.2, 0.25) is 0 Å². The molecule has 0 aliphatic carbocycles. The van der Waals surface area contributed by atoms with Crippen LogP contribution in [0.15, 0.2) is 42.9 Å². The van der Waals surface area contributed by atoms with Gasteiger partial charge in [0.25, 0.3) is 0 Å². The van der Waals surface area contributed by atoms with Gasteiger partial charge in [-0.25, -0.2) is 14.8 Å². The summed E-state index contributed by atoms with van der Waals surface area (Å²) in [6, 6.07) is 7.17.